The highest BCUT2D eigenvalue weighted by Gasteiger charge is 1.96. The Labute approximate surface area is 72.2 Å². The van der Waals surface area contributed by atoms with Crippen LogP contribution in [0.2, 0.25) is 0 Å². The summed E-state index contributed by atoms with van der Waals surface area (Å²) < 4.78 is 0. The molecule has 0 heterocycles. The second-order valence-corrected chi connectivity index (χ2v) is 3.05. The van der Waals surface area contributed by atoms with Crippen LogP contribution in [0.1, 0.15) is 34.6 Å². The molecule has 0 aromatic carbocycles. The van der Waals surface area contributed by atoms with E-state index < -0.39 is 0 Å². The van der Waals surface area contributed by atoms with Gasteiger partial charge in [0.05, 0.1) is 0 Å². The van der Waals surface area contributed by atoms with Crippen molar-refractivity contribution in [2.75, 3.05) is 0 Å². The molecule has 0 aliphatic carbocycles. The van der Waals surface area contributed by atoms with Crippen LogP contribution in [0.3, 0.4) is 0 Å². The van der Waals surface area contributed by atoms with Gasteiger partial charge in [-0.1, -0.05) is 25.5 Å². The Morgan fingerprint density at radius 3 is 1.91 bits per heavy atom. The molecule has 0 fully saturated rings. The molecule has 0 atom stereocenters. The quantitative estimate of drug-likeness (QED) is 0.536. The van der Waals surface area contributed by atoms with Crippen molar-refractivity contribution in [2.45, 2.75) is 34.6 Å². The van der Waals surface area contributed by atoms with Crippen LogP contribution in [0.5, 0.6) is 0 Å². The fourth-order valence-electron chi connectivity index (χ4n) is 0.519. The van der Waals surface area contributed by atoms with Gasteiger partial charge in [0, 0.05) is 0 Å². The maximum Gasteiger partial charge on any atom is 0.107 e. The molecule has 2 heteroatoms. The molecular formula is C9H16B2. The Balaban J connectivity index is 3.82. The number of hydrogen-bond acceptors (Lipinski definition) is 0. The zero-order valence-corrected chi connectivity index (χ0v) is 8.23. The highest BCUT2D eigenvalue weighted by molar-refractivity contribution is 7.07. The summed E-state index contributed by atoms with van der Waals surface area (Å²) in [6.45, 7) is 10.6. The highest BCUT2D eigenvalue weighted by Crippen LogP contribution is 2.00. The van der Waals surface area contributed by atoms with E-state index in [1.54, 1.807) is 0 Å². The van der Waals surface area contributed by atoms with Crippen molar-refractivity contribution in [1.82, 2.24) is 0 Å². The van der Waals surface area contributed by atoms with E-state index in [4.69, 9.17) is 0 Å². The topological polar surface area (TPSA) is 0 Å². The zero-order chi connectivity index (χ0) is 8.85. The summed E-state index contributed by atoms with van der Waals surface area (Å²) >= 11 is 0. The molecule has 0 aromatic heterocycles. The minimum atomic E-state index is 1.31. The van der Waals surface area contributed by atoms with Gasteiger partial charge < -0.3 is 0 Å². The monoisotopic (exact) mass is 146 g/mol. The lowest BCUT2D eigenvalue weighted by atomic mass is 9.33. The van der Waals surface area contributed by atoms with Gasteiger partial charge in [0.2, 0.25) is 0 Å². The first-order valence-corrected chi connectivity index (χ1v) is 4.03. The first kappa shape index (κ1) is 10.6. The van der Waals surface area contributed by atoms with Crippen molar-refractivity contribution < 1.29 is 0 Å². The largest absolute Gasteiger partial charge is 0.125 e. The molecule has 0 aromatic rings. The molecule has 0 nitrogen and oxygen atoms in total. The van der Waals surface area contributed by atoms with E-state index >= 15 is 0 Å². The van der Waals surface area contributed by atoms with E-state index in [1.807, 2.05) is 0 Å². The zero-order valence-electron chi connectivity index (χ0n) is 8.23. The maximum atomic E-state index is 2.16. The molecule has 0 rings (SSSR count). The second kappa shape index (κ2) is 5.29. The van der Waals surface area contributed by atoms with Crippen LogP contribution < -0.4 is 0 Å². The van der Waals surface area contributed by atoms with Crippen molar-refractivity contribution >= 4 is 14.3 Å². The average molecular weight is 146 g/mol. The van der Waals surface area contributed by atoms with Gasteiger partial charge in [-0.3, -0.25) is 0 Å². The third-order valence-electron chi connectivity index (χ3n) is 1.84. The Kier molecular flexibility index (Phi) is 5.10. The summed E-state index contributed by atoms with van der Waals surface area (Å²) in [7, 11) is 4.30. The predicted octanol–water partition coefficient (Wildman–Crippen LogP) is 2.55. The highest BCUT2D eigenvalue weighted by atomic mass is 13.8. The van der Waals surface area contributed by atoms with Crippen molar-refractivity contribution in [3.05, 3.63) is 22.6 Å². The standard InChI is InChI=1S/C9H16B2/c1-6-8(4)10-11-9(5)7(2)3/h6H,1-5H3/b8-6-. The van der Waals surface area contributed by atoms with Crippen molar-refractivity contribution in [2.24, 2.45) is 0 Å². The van der Waals surface area contributed by atoms with Crippen LogP contribution in [0.15, 0.2) is 22.6 Å². The van der Waals surface area contributed by atoms with Gasteiger partial charge >= 0.3 is 0 Å². The van der Waals surface area contributed by atoms with E-state index in [1.165, 1.54) is 16.5 Å². The van der Waals surface area contributed by atoms with Crippen molar-refractivity contribution in [3.63, 3.8) is 0 Å². The summed E-state index contributed by atoms with van der Waals surface area (Å²) in [5.74, 6) is 0. The van der Waals surface area contributed by atoms with Crippen LogP contribution in [0, 0.1) is 0 Å². The van der Waals surface area contributed by atoms with Crippen LogP contribution in [0.25, 0.3) is 0 Å². The van der Waals surface area contributed by atoms with E-state index in [2.05, 4.69) is 55.0 Å². The van der Waals surface area contributed by atoms with Crippen molar-refractivity contribution in [3.8, 4) is 0 Å². The summed E-state index contributed by atoms with van der Waals surface area (Å²) in [5, 5.41) is 0. The predicted molar refractivity (Wildman–Crippen MR) is 55.0 cm³/mol. The first-order chi connectivity index (χ1) is 5.07. The number of allylic oxidation sites excluding steroid dienone is 4. The van der Waals surface area contributed by atoms with E-state index in [9.17, 15) is 0 Å². The van der Waals surface area contributed by atoms with Gasteiger partial charge in [-0.25, -0.2) is 0 Å². The maximum absolute atomic E-state index is 2.16. The Hall–Kier alpha value is -0.390. The van der Waals surface area contributed by atoms with Gasteiger partial charge in [0.1, 0.15) is 14.3 Å². The molecule has 0 saturated carbocycles. The molecule has 0 aliphatic heterocycles. The summed E-state index contributed by atoms with van der Waals surface area (Å²) in [6, 6.07) is 0. The smallest absolute Gasteiger partial charge is 0.107 e. The Morgan fingerprint density at radius 2 is 1.55 bits per heavy atom. The molecule has 0 bridgehead atoms. The minimum Gasteiger partial charge on any atom is -0.125 e. The number of rotatable bonds is 3. The van der Waals surface area contributed by atoms with Gasteiger partial charge in [0.25, 0.3) is 0 Å². The molecule has 0 saturated heterocycles. The van der Waals surface area contributed by atoms with E-state index in [0.29, 0.717) is 0 Å². The van der Waals surface area contributed by atoms with Crippen LogP contribution in [-0.2, 0) is 0 Å². The lowest BCUT2D eigenvalue weighted by Gasteiger charge is -2.01. The van der Waals surface area contributed by atoms with Crippen LogP contribution in [-0.4, -0.2) is 14.3 Å². The molecule has 58 valence electrons. The molecule has 2 radical (unpaired) electrons. The molecule has 0 amide bonds. The molecular weight excluding hydrogens is 130 g/mol. The minimum absolute atomic E-state index is 1.31. The molecule has 0 spiro atoms. The summed E-state index contributed by atoms with van der Waals surface area (Å²) in [4.78, 5) is 0. The van der Waals surface area contributed by atoms with Crippen molar-refractivity contribution in [1.29, 1.82) is 0 Å². The SMILES string of the molecule is C/C=C(/C)[B][B]C(C)=C(C)C. The lowest BCUT2D eigenvalue weighted by molar-refractivity contribution is 1.34. The third-order valence-corrected chi connectivity index (χ3v) is 1.84. The van der Waals surface area contributed by atoms with E-state index in [0.717, 1.165) is 0 Å². The fourth-order valence-corrected chi connectivity index (χ4v) is 0.519. The fraction of sp³-hybridized carbons (Fsp3) is 0.556. The number of hydrogen-bond donors (Lipinski definition) is 0. The first-order valence-electron chi connectivity index (χ1n) is 4.03. The van der Waals surface area contributed by atoms with E-state index in [-0.39, 0.29) is 0 Å². The third kappa shape index (κ3) is 4.94. The van der Waals surface area contributed by atoms with Gasteiger partial charge in [-0.05, 0) is 20.8 Å². The molecule has 0 unspecified atom stereocenters. The molecule has 0 N–H and O–H groups in total. The lowest BCUT2D eigenvalue weighted by Crippen LogP contribution is -2.07. The average Bonchev–Trinajstić information content (AvgIpc) is 1.99. The molecule has 11 heavy (non-hydrogen) atoms. The van der Waals surface area contributed by atoms with Gasteiger partial charge in [0.15, 0.2) is 0 Å². The Morgan fingerprint density at radius 1 is 1.00 bits per heavy atom. The summed E-state index contributed by atoms with van der Waals surface area (Å²) in [6.07, 6.45) is 2.11. The van der Waals surface area contributed by atoms with Crippen LogP contribution in [0.4, 0.5) is 0 Å². The normalized spacial score (nSPS) is 10.8. The molecule has 0 aliphatic rings. The van der Waals surface area contributed by atoms with Gasteiger partial charge in [-0.15, -0.1) is 10.9 Å². The van der Waals surface area contributed by atoms with Crippen LogP contribution >= 0.6 is 0 Å². The summed E-state index contributed by atoms with van der Waals surface area (Å²) in [5.41, 5.74) is 4.04. The van der Waals surface area contributed by atoms with Gasteiger partial charge in [-0.2, -0.15) is 0 Å². The second-order valence-electron chi connectivity index (χ2n) is 3.05. The Bertz CT molecular complexity index is 174.